The molecule has 0 bridgehead atoms. The Kier molecular flexibility index (Phi) is 7.78. The Labute approximate surface area is 222 Å². The molecule has 2 aromatic heterocycles. The number of amides is 2. The highest BCUT2D eigenvalue weighted by Crippen LogP contribution is 2.23. The van der Waals surface area contributed by atoms with Gasteiger partial charge in [-0.15, -0.1) is 0 Å². The minimum absolute atomic E-state index is 0.219. The van der Waals surface area contributed by atoms with E-state index >= 15 is 0 Å². The number of carbonyl (C=O) groups excluding carboxylic acids is 2. The lowest BCUT2D eigenvalue weighted by atomic mass is 10.0. The lowest BCUT2D eigenvalue weighted by molar-refractivity contribution is -0.132. The average Bonchev–Trinajstić information content (AvgIpc) is 3.36. The number of nitrogens with one attached hydrogen (secondary N) is 1. The summed E-state index contributed by atoms with van der Waals surface area (Å²) < 4.78 is 1.88. The first-order valence-corrected chi connectivity index (χ1v) is 13.1. The van der Waals surface area contributed by atoms with Gasteiger partial charge in [0.05, 0.1) is 5.69 Å². The van der Waals surface area contributed by atoms with E-state index in [0.717, 1.165) is 48.4 Å². The number of piperidine rings is 1. The second-order valence-electron chi connectivity index (χ2n) is 9.56. The molecule has 194 valence electrons. The maximum absolute atomic E-state index is 13.3. The fraction of sp³-hybridized carbons (Fsp3) is 0.267. The highest BCUT2D eigenvalue weighted by atomic mass is 16.2. The molecule has 2 amide bonds. The number of hydrogen-bond acceptors (Lipinski definition) is 5. The number of imidazole rings is 1. The number of nitrogens with zero attached hydrogens (tertiary/aromatic N) is 4. The molecule has 0 radical (unpaired) electrons. The van der Waals surface area contributed by atoms with E-state index in [-0.39, 0.29) is 11.8 Å². The standard InChI is InChI=1S/C30H32N6O2/c31-27-16-15-24(20-32-27)22-9-7-10-23(19-22)29(38)34-30-33-25(21-36(30)26-12-3-1-4-13-26)11-8-14-28(37)35-17-5-2-6-18-35/h1,3-4,7,9-10,12-13,15-16,19-21H,2,5-6,8,11,14,17-18H2,(H2,31,32)(H,33,34,38). The molecule has 8 heteroatoms. The number of para-hydroxylation sites is 1. The Balaban J connectivity index is 1.31. The van der Waals surface area contributed by atoms with E-state index in [0.29, 0.717) is 36.6 Å². The van der Waals surface area contributed by atoms with Crippen molar-refractivity contribution in [2.75, 3.05) is 24.1 Å². The number of rotatable bonds is 8. The van der Waals surface area contributed by atoms with Crippen molar-refractivity contribution in [3.63, 3.8) is 0 Å². The molecule has 0 unspecified atom stereocenters. The molecule has 1 saturated heterocycles. The summed E-state index contributed by atoms with van der Waals surface area (Å²) in [4.78, 5) is 36.7. The number of aromatic nitrogens is 3. The van der Waals surface area contributed by atoms with Crippen molar-refractivity contribution in [1.29, 1.82) is 0 Å². The first kappa shape index (κ1) is 25.2. The summed E-state index contributed by atoms with van der Waals surface area (Å²) in [5, 5.41) is 2.99. The summed E-state index contributed by atoms with van der Waals surface area (Å²) in [5.41, 5.74) is 9.69. The van der Waals surface area contributed by atoms with Gasteiger partial charge in [-0.3, -0.25) is 19.5 Å². The fourth-order valence-corrected chi connectivity index (χ4v) is 4.73. The van der Waals surface area contributed by atoms with Crippen LogP contribution in [0.1, 0.15) is 48.2 Å². The Morgan fingerprint density at radius 2 is 1.74 bits per heavy atom. The number of pyridine rings is 1. The van der Waals surface area contributed by atoms with E-state index in [4.69, 9.17) is 10.7 Å². The average molecular weight is 509 g/mol. The van der Waals surface area contributed by atoms with Gasteiger partial charge in [-0.1, -0.05) is 30.3 Å². The molecular formula is C30H32N6O2. The minimum atomic E-state index is -0.259. The maximum atomic E-state index is 13.3. The number of aryl methyl sites for hydroxylation is 1. The lowest BCUT2D eigenvalue weighted by Crippen LogP contribution is -2.35. The topological polar surface area (TPSA) is 106 Å². The summed E-state index contributed by atoms with van der Waals surface area (Å²) in [6.07, 6.45) is 8.90. The van der Waals surface area contributed by atoms with Crippen molar-refractivity contribution in [2.45, 2.75) is 38.5 Å². The van der Waals surface area contributed by atoms with Gasteiger partial charge in [0.25, 0.3) is 5.91 Å². The van der Waals surface area contributed by atoms with Crippen molar-refractivity contribution in [2.24, 2.45) is 0 Å². The molecule has 1 aliphatic rings. The van der Waals surface area contributed by atoms with Crippen molar-refractivity contribution in [3.05, 3.63) is 90.4 Å². The van der Waals surface area contributed by atoms with Crippen LogP contribution in [0.2, 0.25) is 0 Å². The second-order valence-corrected chi connectivity index (χ2v) is 9.56. The first-order valence-electron chi connectivity index (χ1n) is 13.1. The van der Waals surface area contributed by atoms with Gasteiger partial charge in [-0.25, -0.2) is 9.97 Å². The number of benzene rings is 2. The number of nitrogen functional groups attached to an aromatic ring is 1. The zero-order chi connectivity index (χ0) is 26.3. The van der Waals surface area contributed by atoms with Crippen molar-refractivity contribution >= 4 is 23.6 Å². The predicted molar refractivity (Wildman–Crippen MR) is 149 cm³/mol. The monoisotopic (exact) mass is 508 g/mol. The molecule has 4 aromatic rings. The third kappa shape index (κ3) is 6.08. The van der Waals surface area contributed by atoms with Crippen LogP contribution in [0.25, 0.3) is 16.8 Å². The van der Waals surface area contributed by atoms with Crippen LogP contribution < -0.4 is 11.1 Å². The molecule has 1 aliphatic heterocycles. The van der Waals surface area contributed by atoms with E-state index in [2.05, 4.69) is 10.3 Å². The van der Waals surface area contributed by atoms with Gasteiger partial charge >= 0.3 is 0 Å². The van der Waals surface area contributed by atoms with E-state index in [9.17, 15) is 9.59 Å². The third-order valence-electron chi connectivity index (χ3n) is 6.79. The van der Waals surface area contributed by atoms with Gasteiger partial charge in [0, 0.05) is 48.7 Å². The van der Waals surface area contributed by atoms with Gasteiger partial charge in [-0.05, 0) is 74.1 Å². The van der Waals surface area contributed by atoms with Crippen LogP contribution in [0.3, 0.4) is 0 Å². The van der Waals surface area contributed by atoms with Gasteiger partial charge < -0.3 is 10.6 Å². The number of carbonyl (C=O) groups is 2. The van der Waals surface area contributed by atoms with E-state index in [1.54, 1.807) is 18.3 Å². The molecule has 0 atom stereocenters. The first-order chi connectivity index (χ1) is 18.6. The van der Waals surface area contributed by atoms with Gasteiger partial charge in [0.15, 0.2) is 0 Å². The molecule has 0 saturated carbocycles. The van der Waals surface area contributed by atoms with Crippen LogP contribution in [0, 0.1) is 0 Å². The van der Waals surface area contributed by atoms with E-state index in [1.807, 2.05) is 70.3 Å². The molecule has 38 heavy (non-hydrogen) atoms. The molecule has 8 nitrogen and oxygen atoms in total. The Bertz CT molecular complexity index is 1390. The van der Waals surface area contributed by atoms with Crippen molar-refractivity contribution in [3.8, 4) is 16.8 Å². The van der Waals surface area contributed by atoms with Crippen LogP contribution in [-0.4, -0.2) is 44.3 Å². The molecule has 3 N–H and O–H groups in total. The molecule has 3 heterocycles. The van der Waals surface area contributed by atoms with Gasteiger partial charge in [-0.2, -0.15) is 0 Å². The fourth-order valence-electron chi connectivity index (χ4n) is 4.73. The van der Waals surface area contributed by atoms with Crippen LogP contribution in [0.5, 0.6) is 0 Å². The summed E-state index contributed by atoms with van der Waals surface area (Å²) in [5.74, 6) is 0.849. The molecule has 2 aromatic carbocycles. The van der Waals surface area contributed by atoms with Crippen LogP contribution in [-0.2, 0) is 11.2 Å². The van der Waals surface area contributed by atoms with Gasteiger partial charge in [0.2, 0.25) is 11.9 Å². The molecular weight excluding hydrogens is 476 g/mol. The highest BCUT2D eigenvalue weighted by Gasteiger charge is 2.18. The Morgan fingerprint density at radius 1 is 0.921 bits per heavy atom. The zero-order valence-corrected chi connectivity index (χ0v) is 21.3. The number of anilines is 2. The predicted octanol–water partition coefficient (Wildman–Crippen LogP) is 5.10. The van der Waals surface area contributed by atoms with Crippen LogP contribution >= 0.6 is 0 Å². The van der Waals surface area contributed by atoms with Crippen molar-refractivity contribution in [1.82, 2.24) is 19.4 Å². The maximum Gasteiger partial charge on any atom is 0.258 e. The third-order valence-corrected chi connectivity index (χ3v) is 6.79. The van der Waals surface area contributed by atoms with Gasteiger partial charge in [0.1, 0.15) is 5.82 Å². The van der Waals surface area contributed by atoms with E-state index < -0.39 is 0 Å². The highest BCUT2D eigenvalue weighted by molar-refractivity contribution is 6.04. The second kappa shape index (κ2) is 11.7. The normalized spacial score (nSPS) is 13.3. The largest absolute Gasteiger partial charge is 0.384 e. The Morgan fingerprint density at radius 3 is 2.50 bits per heavy atom. The SMILES string of the molecule is Nc1ccc(-c2cccc(C(=O)Nc3nc(CCCC(=O)N4CCCCC4)cn3-c3ccccc3)c2)cn1. The molecule has 1 fully saturated rings. The summed E-state index contributed by atoms with van der Waals surface area (Å²) in [6, 6.07) is 20.8. The number of likely N-dealkylation sites (tertiary alicyclic amines) is 1. The summed E-state index contributed by atoms with van der Waals surface area (Å²) in [7, 11) is 0. The van der Waals surface area contributed by atoms with E-state index in [1.165, 1.54) is 6.42 Å². The smallest absolute Gasteiger partial charge is 0.258 e. The lowest BCUT2D eigenvalue weighted by Gasteiger charge is -2.26. The molecule has 5 rings (SSSR count). The molecule has 0 spiro atoms. The molecule has 0 aliphatic carbocycles. The quantitative estimate of drug-likeness (QED) is 0.344. The van der Waals surface area contributed by atoms with Crippen molar-refractivity contribution < 1.29 is 9.59 Å². The Hall–Kier alpha value is -4.46. The van der Waals surface area contributed by atoms with Crippen LogP contribution in [0.4, 0.5) is 11.8 Å². The number of hydrogen-bond donors (Lipinski definition) is 2. The zero-order valence-electron chi connectivity index (χ0n) is 21.3. The summed E-state index contributed by atoms with van der Waals surface area (Å²) >= 11 is 0. The van der Waals surface area contributed by atoms with Crippen LogP contribution in [0.15, 0.2) is 79.1 Å². The minimum Gasteiger partial charge on any atom is -0.384 e. The number of nitrogens with two attached hydrogens (primary N) is 1. The summed E-state index contributed by atoms with van der Waals surface area (Å²) in [6.45, 7) is 1.74.